The maximum absolute atomic E-state index is 10.1. The molecule has 0 saturated heterocycles. The summed E-state index contributed by atoms with van der Waals surface area (Å²) in [5.41, 5.74) is 0. The maximum atomic E-state index is 10.1. The molecule has 0 radical (unpaired) electrons. The van der Waals surface area contributed by atoms with E-state index in [0.29, 0.717) is 0 Å². The van der Waals surface area contributed by atoms with Gasteiger partial charge in [0.05, 0.1) is 23.9 Å². The summed E-state index contributed by atoms with van der Waals surface area (Å²) in [5.74, 6) is -5.94. The second-order valence-corrected chi connectivity index (χ2v) is 9.00. The Morgan fingerprint density at radius 2 is 0.561 bits per heavy atom. The second kappa shape index (κ2) is 18.5. The largest absolute Gasteiger partial charge is 0.547 e. The van der Waals surface area contributed by atoms with Crippen LogP contribution in [0.1, 0.15) is 0 Å². The summed E-state index contributed by atoms with van der Waals surface area (Å²) in [6.07, 6.45) is -5.58. The van der Waals surface area contributed by atoms with E-state index in [9.17, 15) is 39.6 Å². The van der Waals surface area contributed by atoms with Crippen LogP contribution in [0.15, 0.2) is 41.0 Å². The molecule has 4 heterocycles. The monoisotopic (exact) mass is 916 g/mol. The molecule has 0 aliphatic carbocycles. The number of rotatable bonds is 4. The van der Waals surface area contributed by atoms with Gasteiger partial charge in [-0.15, -0.1) is 0 Å². The molecule has 0 aromatic heterocycles. The number of carbonyl (C=O) groups is 4. The molecule has 4 aliphatic rings. The fraction of sp³-hybridized carbons (Fsp3) is 0.250. The van der Waals surface area contributed by atoms with E-state index in [0.717, 1.165) is 0 Å². The Morgan fingerprint density at radius 1 is 0.415 bits per heavy atom. The first-order valence-corrected chi connectivity index (χ1v) is 11.9. The minimum atomic E-state index is -1.49. The standard InChI is InChI=1S/4C4H2Cl2O4.W/c4*5-1-2(4(7)8)9-10-3(1)6;/h4*2H,(H,7,8);/p-4. The molecule has 230 valence electrons. The van der Waals surface area contributed by atoms with Crippen LogP contribution >= 0.6 is 92.8 Å². The van der Waals surface area contributed by atoms with Crippen molar-refractivity contribution in [3.05, 3.63) is 41.0 Å². The van der Waals surface area contributed by atoms with E-state index in [1.165, 1.54) is 0 Å². The van der Waals surface area contributed by atoms with Gasteiger partial charge in [0.2, 0.25) is 20.9 Å². The van der Waals surface area contributed by atoms with Crippen molar-refractivity contribution in [3.8, 4) is 0 Å². The van der Waals surface area contributed by atoms with Gasteiger partial charge in [0.25, 0.3) is 0 Å². The van der Waals surface area contributed by atoms with Gasteiger partial charge in [-0.1, -0.05) is 46.4 Å². The Kier molecular flexibility index (Phi) is 18.0. The molecule has 41 heavy (non-hydrogen) atoms. The van der Waals surface area contributed by atoms with Crippen molar-refractivity contribution in [3.63, 3.8) is 0 Å². The van der Waals surface area contributed by atoms with E-state index in [4.69, 9.17) is 92.8 Å². The van der Waals surface area contributed by atoms with Crippen LogP contribution in [0.2, 0.25) is 0 Å². The van der Waals surface area contributed by atoms with Crippen LogP contribution in [0, 0.1) is 0 Å². The van der Waals surface area contributed by atoms with Crippen molar-refractivity contribution in [1.29, 1.82) is 0 Å². The van der Waals surface area contributed by atoms with Gasteiger partial charge in [-0.2, -0.15) is 19.6 Å². The van der Waals surface area contributed by atoms with E-state index in [1.54, 1.807) is 0 Å². The number of hydrogen-bond donors (Lipinski definition) is 0. The quantitative estimate of drug-likeness (QED) is 0.303. The van der Waals surface area contributed by atoms with Gasteiger partial charge in [0.1, 0.15) is 20.1 Å². The van der Waals surface area contributed by atoms with Gasteiger partial charge in [-0.05, 0) is 46.4 Å². The van der Waals surface area contributed by atoms with Gasteiger partial charge < -0.3 is 59.2 Å². The number of carbonyl (C=O) groups excluding carboxylic acids is 4. The van der Waals surface area contributed by atoms with E-state index in [2.05, 4.69) is 39.1 Å². The molecule has 4 aliphatic heterocycles. The molecule has 25 heteroatoms. The molecular weight excluding hydrogens is 916 g/mol. The van der Waals surface area contributed by atoms with Crippen LogP contribution in [-0.4, -0.2) is 48.3 Å². The average Bonchev–Trinajstić information content (AvgIpc) is 3.59. The summed E-state index contributed by atoms with van der Waals surface area (Å²) in [6.45, 7) is 0. The molecule has 0 spiro atoms. The summed E-state index contributed by atoms with van der Waals surface area (Å²) in [4.78, 5) is 73.3. The van der Waals surface area contributed by atoms with Crippen LogP contribution in [-0.2, 0) is 79.3 Å². The molecule has 0 N–H and O–H groups in total. The topological polar surface area (TPSA) is 234 Å². The molecule has 0 fully saturated rings. The zero-order valence-electron chi connectivity index (χ0n) is 18.3. The zero-order chi connectivity index (χ0) is 30.9. The van der Waals surface area contributed by atoms with Crippen molar-refractivity contribution in [2.24, 2.45) is 0 Å². The van der Waals surface area contributed by atoms with Gasteiger partial charge in [0, 0.05) is 21.1 Å². The van der Waals surface area contributed by atoms with Crippen molar-refractivity contribution >= 4 is 117 Å². The minimum absolute atomic E-state index is 0. The second-order valence-electron chi connectivity index (χ2n) is 6.00. The number of carboxylic acids is 4. The van der Waals surface area contributed by atoms with Gasteiger partial charge in [0.15, 0.2) is 24.4 Å². The fourth-order valence-electron chi connectivity index (χ4n) is 1.67. The van der Waals surface area contributed by atoms with Crippen molar-refractivity contribution in [1.82, 2.24) is 0 Å². The maximum Gasteiger partial charge on any atom is 0.249 e. The van der Waals surface area contributed by atoms with Gasteiger partial charge in [-0.3, -0.25) is 0 Å². The summed E-state index contributed by atoms with van der Waals surface area (Å²) >= 11 is 42.0. The molecule has 4 unspecified atom stereocenters. The Bertz CT molecular complexity index is 981. The smallest absolute Gasteiger partial charge is 0.249 e. The number of hydrogen-bond acceptors (Lipinski definition) is 16. The molecule has 16 nitrogen and oxygen atoms in total. The summed E-state index contributed by atoms with van der Waals surface area (Å²) in [5, 5.41) is 38.4. The molecule has 4 atom stereocenters. The first-order valence-electron chi connectivity index (χ1n) is 8.88. The van der Waals surface area contributed by atoms with Crippen molar-refractivity contribution in [2.75, 3.05) is 0 Å². The normalized spacial score (nSPS) is 24.2. The molecule has 0 aromatic rings. The van der Waals surface area contributed by atoms with E-state index in [1.807, 2.05) is 0 Å². The molecule has 0 amide bonds. The van der Waals surface area contributed by atoms with Crippen LogP contribution in [0.25, 0.3) is 0 Å². The molecule has 0 saturated carbocycles. The summed E-state index contributed by atoms with van der Waals surface area (Å²) in [7, 11) is 0. The first kappa shape index (κ1) is 39.9. The third-order valence-electron chi connectivity index (χ3n) is 3.40. The average molecular weight is 920 g/mol. The zero-order valence-corrected chi connectivity index (χ0v) is 27.3. The Morgan fingerprint density at radius 3 is 0.610 bits per heavy atom. The summed E-state index contributed by atoms with van der Waals surface area (Å²) < 4.78 is 0. The van der Waals surface area contributed by atoms with Gasteiger partial charge >= 0.3 is 0 Å². The third-order valence-corrected chi connectivity index (χ3v) is 6.33. The van der Waals surface area contributed by atoms with E-state index < -0.39 is 48.3 Å². The minimum Gasteiger partial charge on any atom is -0.547 e. The van der Waals surface area contributed by atoms with Gasteiger partial charge in [-0.25, -0.2) is 0 Å². The van der Waals surface area contributed by atoms with Crippen molar-refractivity contribution < 1.29 is 99.8 Å². The van der Waals surface area contributed by atoms with Crippen LogP contribution in [0.5, 0.6) is 0 Å². The van der Waals surface area contributed by atoms with Crippen LogP contribution in [0.4, 0.5) is 0 Å². The number of halogens is 8. The number of carboxylic acid groups (broad SMARTS) is 4. The van der Waals surface area contributed by atoms with E-state index in [-0.39, 0.29) is 62.1 Å². The molecule has 0 bridgehead atoms. The fourth-order valence-corrected chi connectivity index (χ4v) is 2.84. The van der Waals surface area contributed by atoms with Crippen LogP contribution < -0.4 is 20.4 Å². The first-order chi connectivity index (χ1) is 18.5. The predicted molar refractivity (Wildman–Crippen MR) is 119 cm³/mol. The predicted octanol–water partition coefficient (Wildman–Crippen LogP) is -1.15. The molecular formula is C16H4Cl8O16W-4. The van der Waals surface area contributed by atoms with Crippen molar-refractivity contribution in [2.45, 2.75) is 24.4 Å². The van der Waals surface area contributed by atoms with E-state index >= 15 is 0 Å². The van der Waals surface area contributed by atoms with Crippen LogP contribution in [0.3, 0.4) is 0 Å². The molecule has 4 rings (SSSR count). The molecule has 0 aromatic carbocycles. The number of aliphatic carboxylic acids is 4. The SMILES string of the molecule is O=C([O-])C1OOC(Cl)=C1Cl.O=C([O-])C1OOC(Cl)=C1Cl.O=C([O-])C1OOC(Cl)=C1Cl.O=C([O-])C1OOC(Cl)=C1Cl.[W]. The summed E-state index contributed by atoms with van der Waals surface area (Å²) in [6, 6.07) is 0. The Labute approximate surface area is 280 Å². The Hall–Kier alpha value is -1.11. The Balaban J connectivity index is 0.000000516. The third kappa shape index (κ3) is 11.8.